The van der Waals surface area contributed by atoms with E-state index in [0.29, 0.717) is 0 Å². The van der Waals surface area contributed by atoms with E-state index in [9.17, 15) is 8.78 Å². The zero-order valence-corrected chi connectivity index (χ0v) is 8.85. The van der Waals surface area contributed by atoms with Gasteiger partial charge in [0.1, 0.15) is 0 Å². The minimum Gasteiger partial charge on any atom is -0.366 e. The van der Waals surface area contributed by atoms with Crippen LogP contribution in [0, 0.1) is 11.6 Å². The lowest BCUT2D eigenvalue weighted by atomic mass is 10.2. The van der Waals surface area contributed by atoms with Gasteiger partial charge in [0.05, 0.1) is 10.0 Å². The highest BCUT2D eigenvalue weighted by Gasteiger charge is 2.15. The van der Waals surface area contributed by atoms with Crippen molar-refractivity contribution < 1.29 is 8.78 Å². The number of nitrogens with one attached hydrogen (secondary N) is 1. The molecule has 0 unspecified atom stereocenters. The van der Waals surface area contributed by atoms with Crippen LogP contribution in [0.5, 0.6) is 0 Å². The molecule has 0 aliphatic heterocycles. The first-order valence-corrected chi connectivity index (χ1v) is 4.70. The van der Waals surface area contributed by atoms with Gasteiger partial charge >= 0.3 is 0 Å². The SMILES string of the molecule is Nc1n[nH]c(-c2ccc(Br)c(F)c2F)n1. The summed E-state index contributed by atoms with van der Waals surface area (Å²) in [4.78, 5) is 3.70. The second-order valence-electron chi connectivity index (χ2n) is 2.77. The average molecular weight is 275 g/mol. The largest absolute Gasteiger partial charge is 0.366 e. The van der Waals surface area contributed by atoms with Crippen molar-refractivity contribution in [1.82, 2.24) is 15.2 Å². The molecule has 15 heavy (non-hydrogen) atoms. The second-order valence-corrected chi connectivity index (χ2v) is 3.62. The van der Waals surface area contributed by atoms with E-state index in [-0.39, 0.29) is 21.8 Å². The molecule has 0 saturated carbocycles. The van der Waals surface area contributed by atoms with Crippen LogP contribution in [0.4, 0.5) is 14.7 Å². The molecule has 0 spiro atoms. The van der Waals surface area contributed by atoms with E-state index >= 15 is 0 Å². The van der Waals surface area contributed by atoms with E-state index in [2.05, 4.69) is 31.1 Å². The summed E-state index contributed by atoms with van der Waals surface area (Å²) >= 11 is 2.87. The van der Waals surface area contributed by atoms with Crippen LogP contribution in [-0.4, -0.2) is 15.2 Å². The molecule has 0 fully saturated rings. The van der Waals surface area contributed by atoms with Crippen molar-refractivity contribution in [3.8, 4) is 11.4 Å². The molecule has 0 amide bonds. The molecule has 1 aromatic heterocycles. The van der Waals surface area contributed by atoms with Gasteiger partial charge in [-0.2, -0.15) is 4.98 Å². The number of aromatic amines is 1. The van der Waals surface area contributed by atoms with E-state index < -0.39 is 11.6 Å². The third kappa shape index (κ3) is 1.70. The smallest absolute Gasteiger partial charge is 0.239 e. The number of H-pyrrole nitrogens is 1. The van der Waals surface area contributed by atoms with Gasteiger partial charge in [-0.15, -0.1) is 5.10 Å². The molecule has 3 N–H and O–H groups in total. The number of rotatable bonds is 1. The zero-order valence-electron chi connectivity index (χ0n) is 7.26. The van der Waals surface area contributed by atoms with Crippen molar-refractivity contribution in [2.45, 2.75) is 0 Å². The van der Waals surface area contributed by atoms with E-state index in [1.165, 1.54) is 12.1 Å². The fourth-order valence-electron chi connectivity index (χ4n) is 1.10. The molecular weight excluding hydrogens is 270 g/mol. The molecule has 0 atom stereocenters. The molecule has 2 aromatic rings. The molecule has 78 valence electrons. The molecule has 0 bridgehead atoms. The average Bonchev–Trinajstić information content (AvgIpc) is 2.61. The number of hydrogen-bond acceptors (Lipinski definition) is 3. The van der Waals surface area contributed by atoms with Gasteiger partial charge in [0.2, 0.25) is 5.95 Å². The number of hydrogen-bond donors (Lipinski definition) is 2. The molecule has 7 heteroatoms. The predicted octanol–water partition coefficient (Wildman–Crippen LogP) is 2.09. The van der Waals surface area contributed by atoms with Crippen LogP contribution < -0.4 is 5.73 Å². The Morgan fingerprint density at radius 2 is 2.00 bits per heavy atom. The number of benzene rings is 1. The Bertz CT molecular complexity index is 511. The normalized spacial score (nSPS) is 10.6. The van der Waals surface area contributed by atoms with Gasteiger partial charge in [0.25, 0.3) is 0 Å². The summed E-state index contributed by atoms with van der Waals surface area (Å²) < 4.78 is 26.6. The highest BCUT2D eigenvalue weighted by atomic mass is 79.9. The minimum atomic E-state index is -1.000. The van der Waals surface area contributed by atoms with Crippen molar-refractivity contribution in [2.75, 3.05) is 5.73 Å². The first-order valence-electron chi connectivity index (χ1n) is 3.91. The third-order valence-electron chi connectivity index (χ3n) is 1.79. The van der Waals surface area contributed by atoms with Crippen LogP contribution in [-0.2, 0) is 0 Å². The molecule has 1 heterocycles. The maximum atomic E-state index is 13.4. The monoisotopic (exact) mass is 274 g/mol. The van der Waals surface area contributed by atoms with Crippen molar-refractivity contribution in [2.24, 2.45) is 0 Å². The van der Waals surface area contributed by atoms with E-state index in [1.54, 1.807) is 0 Å². The summed E-state index contributed by atoms with van der Waals surface area (Å²) in [7, 11) is 0. The van der Waals surface area contributed by atoms with Crippen molar-refractivity contribution >= 4 is 21.9 Å². The van der Waals surface area contributed by atoms with Crippen LogP contribution >= 0.6 is 15.9 Å². The standard InChI is InChI=1S/C8H5BrF2N4/c9-4-2-1-3(5(10)6(4)11)7-13-8(12)15-14-7/h1-2H,(H3,12,13,14,15). The molecule has 0 saturated heterocycles. The first kappa shape index (κ1) is 10.0. The fraction of sp³-hybridized carbons (Fsp3) is 0. The summed E-state index contributed by atoms with van der Waals surface area (Å²) in [5.41, 5.74) is 5.24. The number of nitrogens with zero attached hydrogens (tertiary/aromatic N) is 2. The van der Waals surface area contributed by atoms with Gasteiger partial charge in [0.15, 0.2) is 17.5 Å². The molecule has 1 aromatic carbocycles. The van der Waals surface area contributed by atoms with Gasteiger partial charge in [0, 0.05) is 0 Å². The molecule has 0 radical (unpaired) electrons. The van der Waals surface area contributed by atoms with E-state index in [4.69, 9.17) is 5.73 Å². The topological polar surface area (TPSA) is 67.6 Å². The summed E-state index contributed by atoms with van der Waals surface area (Å²) in [6, 6.07) is 2.76. The molecular formula is C8H5BrF2N4. The van der Waals surface area contributed by atoms with Crippen molar-refractivity contribution in [3.05, 3.63) is 28.2 Å². The molecule has 0 aliphatic rings. The first-order chi connectivity index (χ1) is 7.09. The van der Waals surface area contributed by atoms with Crippen LogP contribution in [0.15, 0.2) is 16.6 Å². The summed E-state index contributed by atoms with van der Waals surface area (Å²) in [6.45, 7) is 0. The van der Waals surface area contributed by atoms with Crippen LogP contribution in [0.2, 0.25) is 0 Å². The molecule has 2 rings (SSSR count). The highest BCUT2D eigenvalue weighted by molar-refractivity contribution is 9.10. The van der Waals surface area contributed by atoms with Crippen molar-refractivity contribution in [3.63, 3.8) is 0 Å². The maximum absolute atomic E-state index is 13.4. The van der Waals surface area contributed by atoms with Gasteiger partial charge in [-0.1, -0.05) is 0 Å². The van der Waals surface area contributed by atoms with Crippen LogP contribution in [0.3, 0.4) is 0 Å². The Morgan fingerprint density at radius 3 is 2.60 bits per heavy atom. The van der Waals surface area contributed by atoms with E-state index in [1.807, 2.05) is 0 Å². The Kier molecular flexibility index (Phi) is 2.39. The Hall–Kier alpha value is -1.50. The molecule has 4 nitrogen and oxygen atoms in total. The number of anilines is 1. The zero-order chi connectivity index (χ0) is 11.0. The number of aromatic nitrogens is 3. The highest BCUT2D eigenvalue weighted by Crippen LogP contribution is 2.26. The predicted molar refractivity (Wildman–Crippen MR) is 53.8 cm³/mol. The van der Waals surface area contributed by atoms with E-state index in [0.717, 1.165) is 0 Å². The minimum absolute atomic E-state index is 0.0140. The summed E-state index contributed by atoms with van der Waals surface area (Å²) in [5.74, 6) is -1.90. The molecule has 0 aliphatic carbocycles. The van der Waals surface area contributed by atoms with Gasteiger partial charge < -0.3 is 5.73 Å². The van der Waals surface area contributed by atoms with Crippen molar-refractivity contribution in [1.29, 1.82) is 0 Å². The maximum Gasteiger partial charge on any atom is 0.239 e. The Morgan fingerprint density at radius 1 is 1.27 bits per heavy atom. The number of nitrogen functional groups attached to an aromatic ring is 1. The quantitative estimate of drug-likeness (QED) is 0.783. The number of halogens is 3. The Balaban J connectivity index is 2.59. The van der Waals surface area contributed by atoms with Gasteiger partial charge in [-0.3, -0.25) is 5.10 Å². The summed E-state index contributed by atoms with van der Waals surface area (Å²) in [5, 5.41) is 5.93. The fourth-order valence-corrected chi connectivity index (χ4v) is 1.41. The third-order valence-corrected chi connectivity index (χ3v) is 2.41. The van der Waals surface area contributed by atoms with Gasteiger partial charge in [-0.25, -0.2) is 8.78 Å². The number of nitrogens with two attached hydrogens (primary N) is 1. The lowest BCUT2D eigenvalue weighted by Gasteiger charge is -2.01. The second kappa shape index (κ2) is 3.58. The van der Waals surface area contributed by atoms with Crippen LogP contribution in [0.25, 0.3) is 11.4 Å². The summed E-state index contributed by atoms with van der Waals surface area (Å²) in [6.07, 6.45) is 0. The lowest BCUT2D eigenvalue weighted by molar-refractivity contribution is 0.506. The van der Waals surface area contributed by atoms with Gasteiger partial charge in [-0.05, 0) is 28.1 Å². The Labute approximate surface area is 91.6 Å². The lowest BCUT2D eigenvalue weighted by Crippen LogP contribution is -1.92. The van der Waals surface area contributed by atoms with Crippen LogP contribution in [0.1, 0.15) is 0 Å².